The first-order valence-electron chi connectivity index (χ1n) is 12.2. The highest BCUT2D eigenvalue weighted by Crippen LogP contribution is 2.37. The van der Waals surface area contributed by atoms with E-state index in [4.69, 9.17) is 4.74 Å². The zero-order valence-corrected chi connectivity index (χ0v) is 20.7. The van der Waals surface area contributed by atoms with Crippen LogP contribution in [-0.4, -0.2) is 53.6 Å². The lowest BCUT2D eigenvalue weighted by molar-refractivity contribution is 0.0995. The van der Waals surface area contributed by atoms with Crippen LogP contribution in [0, 0.1) is 24.2 Å². The summed E-state index contributed by atoms with van der Waals surface area (Å²) in [5.74, 6) is 1.18. The van der Waals surface area contributed by atoms with Gasteiger partial charge in [-0.2, -0.15) is 10.4 Å². The maximum atomic E-state index is 13.1. The summed E-state index contributed by atoms with van der Waals surface area (Å²) < 4.78 is 33.9. The van der Waals surface area contributed by atoms with Gasteiger partial charge in [-0.3, -0.25) is 0 Å². The largest absolute Gasteiger partial charge is 0.425 e. The van der Waals surface area contributed by atoms with E-state index in [1.807, 2.05) is 40.8 Å². The van der Waals surface area contributed by atoms with Gasteiger partial charge in [0.15, 0.2) is 16.1 Å². The van der Waals surface area contributed by atoms with Gasteiger partial charge in [-0.05, 0) is 50.5 Å². The van der Waals surface area contributed by atoms with Gasteiger partial charge >= 0.3 is 6.09 Å². The Balaban J connectivity index is 1.37. The second kappa shape index (κ2) is 9.19. The Morgan fingerprint density at radius 2 is 2.03 bits per heavy atom. The fourth-order valence-electron chi connectivity index (χ4n) is 4.67. The molecule has 186 valence electrons. The standard InChI is InChI=1S/C25H31N5O4S/c1-18-13-22(30(28-18)12-9-19-5-3-2-4-6-19)29-15-21(35(32,33)16-20-7-8-20)14-23(29)34-24(31)27-25(17-26)10-11-25/h2-6,13,20-21,23H,7-12,14-16H2,1H3,(H,27,31)/t21-,23+/m1/s1. The molecule has 2 aromatic rings. The molecule has 0 bridgehead atoms. The molecule has 1 aromatic carbocycles. The first kappa shape index (κ1) is 23.7. The van der Waals surface area contributed by atoms with Crippen molar-refractivity contribution in [3.8, 4) is 6.07 Å². The van der Waals surface area contributed by atoms with E-state index in [1.165, 1.54) is 5.56 Å². The van der Waals surface area contributed by atoms with Crippen molar-refractivity contribution in [1.29, 1.82) is 5.26 Å². The first-order valence-corrected chi connectivity index (χ1v) is 14.0. The third-order valence-corrected chi connectivity index (χ3v) is 9.36. The van der Waals surface area contributed by atoms with Crippen LogP contribution in [0.4, 0.5) is 10.6 Å². The quantitative estimate of drug-likeness (QED) is 0.566. The molecule has 35 heavy (non-hydrogen) atoms. The SMILES string of the molecule is Cc1cc(N2C[C@H](S(=O)(=O)CC3CC3)C[C@@H]2OC(=O)NC2(C#N)CC2)n(CCc2ccccc2)n1. The average Bonchev–Trinajstić information content (AvgIpc) is 3.72. The average molecular weight is 498 g/mol. The predicted molar refractivity (Wildman–Crippen MR) is 130 cm³/mol. The zero-order valence-electron chi connectivity index (χ0n) is 19.9. The summed E-state index contributed by atoms with van der Waals surface area (Å²) in [6.07, 6.45) is 2.63. The van der Waals surface area contributed by atoms with Crippen LogP contribution in [0.25, 0.3) is 0 Å². The smallest absolute Gasteiger partial charge is 0.410 e. The Morgan fingerprint density at radius 1 is 1.29 bits per heavy atom. The maximum Gasteiger partial charge on any atom is 0.410 e. The molecule has 0 spiro atoms. The number of amides is 1. The molecular formula is C25H31N5O4S. The molecule has 10 heteroatoms. The number of aromatic nitrogens is 2. The molecule has 3 aliphatic rings. The summed E-state index contributed by atoms with van der Waals surface area (Å²) >= 11 is 0. The van der Waals surface area contributed by atoms with E-state index in [2.05, 4.69) is 28.6 Å². The number of nitrogens with zero attached hydrogens (tertiary/aromatic N) is 4. The van der Waals surface area contributed by atoms with E-state index < -0.39 is 32.9 Å². The summed E-state index contributed by atoms with van der Waals surface area (Å²) in [6.45, 7) is 2.75. The van der Waals surface area contributed by atoms with Crippen LogP contribution in [0.2, 0.25) is 0 Å². The molecule has 9 nitrogen and oxygen atoms in total. The molecule has 2 aliphatic carbocycles. The minimum atomic E-state index is -3.33. The van der Waals surface area contributed by atoms with Gasteiger partial charge in [0.25, 0.3) is 0 Å². The van der Waals surface area contributed by atoms with Crippen LogP contribution in [0.5, 0.6) is 0 Å². The highest BCUT2D eigenvalue weighted by molar-refractivity contribution is 7.92. The molecule has 1 saturated heterocycles. The van der Waals surface area contributed by atoms with E-state index >= 15 is 0 Å². The van der Waals surface area contributed by atoms with E-state index in [9.17, 15) is 18.5 Å². The van der Waals surface area contributed by atoms with Crippen molar-refractivity contribution in [2.45, 2.75) is 69.0 Å². The normalized spacial score (nSPS) is 23.0. The van der Waals surface area contributed by atoms with Crippen molar-refractivity contribution in [3.63, 3.8) is 0 Å². The van der Waals surface area contributed by atoms with Crippen molar-refractivity contribution in [3.05, 3.63) is 47.7 Å². The third kappa shape index (κ3) is 5.45. The van der Waals surface area contributed by atoms with Crippen LogP contribution in [-0.2, 0) is 27.5 Å². The number of carbonyl (C=O) groups excluding carboxylic acids is 1. The van der Waals surface area contributed by atoms with E-state index in [-0.39, 0.29) is 24.6 Å². The number of nitriles is 1. The number of benzene rings is 1. The lowest BCUT2D eigenvalue weighted by Gasteiger charge is -2.27. The van der Waals surface area contributed by atoms with Crippen molar-refractivity contribution >= 4 is 21.7 Å². The Morgan fingerprint density at radius 3 is 2.69 bits per heavy atom. The van der Waals surface area contributed by atoms with Gasteiger partial charge in [-0.25, -0.2) is 17.9 Å². The molecule has 0 radical (unpaired) electrons. The summed E-state index contributed by atoms with van der Waals surface area (Å²) in [7, 11) is -3.33. The second-order valence-corrected chi connectivity index (χ2v) is 12.4. The lowest BCUT2D eigenvalue weighted by atomic mass is 10.1. The Bertz CT molecular complexity index is 1230. The Kier molecular flexibility index (Phi) is 6.21. The summed E-state index contributed by atoms with van der Waals surface area (Å²) in [5.41, 5.74) is 1.13. The molecule has 1 amide bonds. The Hall–Kier alpha value is -3.06. The molecule has 0 unspecified atom stereocenters. The molecule has 1 aromatic heterocycles. The topological polar surface area (TPSA) is 117 Å². The Labute approximate surface area is 206 Å². The number of anilines is 1. The molecule has 1 aliphatic heterocycles. The number of hydrogen-bond acceptors (Lipinski definition) is 7. The van der Waals surface area contributed by atoms with Crippen LogP contribution in [0.1, 0.15) is 43.4 Å². The monoisotopic (exact) mass is 497 g/mol. The first-order chi connectivity index (χ1) is 16.8. The van der Waals surface area contributed by atoms with Gasteiger partial charge < -0.3 is 15.0 Å². The fraction of sp³-hybridized carbons (Fsp3) is 0.560. The summed E-state index contributed by atoms with van der Waals surface area (Å²) in [4.78, 5) is 14.5. The predicted octanol–water partition coefficient (Wildman–Crippen LogP) is 2.95. The van der Waals surface area contributed by atoms with Crippen molar-refractivity contribution in [2.24, 2.45) is 5.92 Å². The van der Waals surface area contributed by atoms with Gasteiger partial charge in [0.1, 0.15) is 11.4 Å². The maximum absolute atomic E-state index is 13.1. The number of ether oxygens (including phenoxy) is 1. The number of alkyl carbamates (subject to hydrolysis) is 1. The number of sulfone groups is 1. The van der Waals surface area contributed by atoms with Crippen LogP contribution in [0.15, 0.2) is 36.4 Å². The van der Waals surface area contributed by atoms with Gasteiger partial charge in [0, 0.05) is 25.6 Å². The molecular weight excluding hydrogens is 466 g/mol. The van der Waals surface area contributed by atoms with E-state index in [0.717, 1.165) is 30.8 Å². The van der Waals surface area contributed by atoms with Crippen LogP contribution >= 0.6 is 0 Å². The summed E-state index contributed by atoms with van der Waals surface area (Å²) in [5, 5.41) is 16.0. The third-order valence-electron chi connectivity index (χ3n) is 7.06. The minimum absolute atomic E-state index is 0.189. The highest BCUT2D eigenvalue weighted by Gasteiger charge is 2.48. The van der Waals surface area contributed by atoms with Gasteiger partial charge in [0.05, 0.1) is 22.8 Å². The molecule has 1 N–H and O–H groups in total. The molecule has 3 fully saturated rings. The fourth-order valence-corrected chi connectivity index (χ4v) is 6.78. The van der Waals surface area contributed by atoms with Crippen LogP contribution in [0.3, 0.4) is 0 Å². The van der Waals surface area contributed by atoms with Crippen molar-refractivity contribution in [1.82, 2.24) is 15.1 Å². The highest BCUT2D eigenvalue weighted by atomic mass is 32.2. The number of rotatable bonds is 9. The lowest BCUT2D eigenvalue weighted by Crippen LogP contribution is -2.42. The van der Waals surface area contributed by atoms with Crippen molar-refractivity contribution < 1.29 is 17.9 Å². The van der Waals surface area contributed by atoms with E-state index in [1.54, 1.807) is 0 Å². The van der Waals surface area contributed by atoms with Gasteiger partial charge in [-0.1, -0.05) is 30.3 Å². The van der Waals surface area contributed by atoms with Crippen molar-refractivity contribution in [2.75, 3.05) is 17.2 Å². The van der Waals surface area contributed by atoms with Gasteiger partial charge in [0.2, 0.25) is 0 Å². The number of carbonyl (C=O) groups is 1. The molecule has 2 saturated carbocycles. The molecule has 2 atom stereocenters. The zero-order chi connectivity index (χ0) is 24.6. The second-order valence-electron chi connectivity index (χ2n) is 10.1. The van der Waals surface area contributed by atoms with Gasteiger partial charge in [-0.15, -0.1) is 0 Å². The number of hydrogen-bond donors (Lipinski definition) is 1. The van der Waals surface area contributed by atoms with E-state index in [0.29, 0.717) is 19.4 Å². The summed E-state index contributed by atoms with van der Waals surface area (Å²) in [6, 6.07) is 14.1. The molecule has 5 rings (SSSR count). The van der Waals surface area contributed by atoms with Crippen LogP contribution < -0.4 is 10.2 Å². The minimum Gasteiger partial charge on any atom is -0.425 e. The number of nitrogens with one attached hydrogen (secondary N) is 1. The molecule has 2 heterocycles. The number of aryl methyl sites for hydroxylation is 3.